The summed E-state index contributed by atoms with van der Waals surface area (Å²) in [6, 6.07) is 43.4. The zero-order chi connectivity index (χ0) is 37.0. The van der Waals surface area contributed by atoms with Crippen LogP contribution in [-0.2, 0) is 32.9 Å². The van der Waals surface area contributed by atoms with E-state index in [1.54, 1.807) is 0 Å². The van der Waals surface area contributed by atoms with Gasteiger partial charge < -0.3 is 9.97 Å². The second kappa shape index (κ2) is 17.4. The number of fused-ring (bicyclic) bond motifs is 3. The predicted molar refractivity (Wildman–Crippen MR) is 232 cm³/mol. The van der Waals surface area contributed by atoms with Crippen LogP contribution in [0.25, 0.3) is 53.8 Å². The molecule has 1 radical (unpaired) electrons. The summed E-state index contributed by atoms with van der Waals surface area (Å²) in [5, 5.41) is 4.10. The van der Waals surface area contributed by atoms with E-state index < -0.39 is 8.07 Å². The number of nitrogens with zero attached hydrogens (tertiary/aromatic N) is 2. The second-order valence-corrected chi connectivity index (χ2v) is 23.1. The molecule has 2 nitrogen and oxygen atoms in total. The molecule has 3 aromatic heterocycles. The summed E-state index contributed by atoms with van der Waals surface area (Å²) in [5.74, 6) is 0.833. The topological polar surface area (TPSA) is 25.8 Å². The van der Waals surface area contributed by atoms with E-state index in [2.05, 4.69) is 144 Å². The summed E-state index contributed by atoms with van der Waals surface area (Å²) < 4.78 is 2.61. The standard InChI is InChI=1S/C30H26NS.C19H26NSi.Ir/c1-3-8-21(9-4-1)18-22-16-17-31-28(19-22)27-13-7-12-26-25-15-14-24(20-29(25)32-30(26)27)23-10-5-2-6-11-23;1-19(2,3)13-16-12-17(15-10-8-7-9-11-15)20-14-18(16)21(4,5)6;/h2,5-7,10-12,14-17,19-21H,1,3-4,8-9,18H2;7-10,12,14H,13H2,1-6H3;/q2*-1;. The minimum atomic E-state index is -1.37. The fraction of sp³-hybridized carbons (Fsp3) is 0.306. The van der Waals surface area contributed by atoms with Crippen molar-refractivity contribution in [1.29, 1.82) is 0 Å². The Morgan fingerprint density at radius 1 is 0.741 bits per heavy atom. The van der Waals surface area contributed by atoms with Crippen molar-refractivity contribution >= 4 is 44.8 Å². The quantitative estimate of drug-likeness (QED) is 0.118. The Morgan fingerprint density at radius 2 is 1.52 bits per heavy atom. The van der Waals surface area contributed by atoms with Crippen molar-refractivity contribution in [3.8, 4) is 33.6 Å². The number of pyridine rings is 2. The van der Waals surface area contributed by atoms with Crippen molar-refractivity contribution in [1.82, 2.24) is 9.97 Å². The van der Waals surface area contributed by atoms with Gasteiger partial charge >= 0.3 is 0 Å². The van der Waals surface area contributed by atoms with Crippen LogP contribution in [0.5, 0.6) is 0 Å². The molecule has 0 unspecified atom stereocenters. The Hall–Kier alpha value is -3.73. The van der Waals surface area contributed by atoms with Gasteiger partial charge in [-0.25, -0.2) is 0 Å². The molecule has 0 spiro atoms. The Morgan fingerprint density at radius 3 is 2.24 bits per heavy atom. The van der Waals surface area contributed by atoms with Crippen molar-refractivity contribution < 1.29 is 20.1 Å². The van der Waals surface area contributed by atoms with Crippen molar-refractivity contribution in [2.45, 2.75) is 85.4 Å². The molecule has 0 N–H and O–H groups in total. The summed E-state index contributed by atoms with van der Waals surface area (Å²) in [5.41, 5.74) is 10.00. The summed E-state index contributed by atoms with van der Waals surface area (Å²) >= 11 is 1.86. The van der Waals surface area contributed by atoms with E-state index in [4.69, 9.17) is 9.97 Å². The second-order valence-electron chi connectivity index (χ2n) is 17.0. The van der Waals surface area contributed by atoms with Crippen molar-refractivity contribution in [2.24, 2.45) is 11.3 Å². The smallest absolute Gasteiger partial charge is 0.0798 e. The molecule has 4 aromatic carbocycles. The monoisotopic (exact) mass is 921 g/mol. The van der Waals surface area contributed by atoms with Gasteiger partial charge in [-0.05, 0) is 74.1 Å². The number of hydrogen-bond acceptors (Lipinski definition) is 3. The number of rotatable bonds is 7. The fourth-order valence-corrected chi connectivity index (χ4v) is 10.6. The number of hydrogen-bond donors (Lipinski definition) is 0. The van der Waals surface area contributed by atoms with E-state index >= 15 is 0 Å². The van der Waals surface area contributed by atoms with Gasteiger partial charge in [0.05, 0.1) is 8.07 Å². The first kappa shape index (κ1) is 39.9. The molecule has 8 rings (SSSR count). The molecule has 5 heteroatoms. The average Bonchev–Trinajstić information content (AvgIpc) is 3.53. The van der Waals surface area contributed by atoms with Gasteiger partial charge in [0, 0.05) is 37.2 Å². The van der Waals surface area contributed by atoms with Gasteiger partial charge in [-0.1, -0.05) is 144 Å². The zero-order valence-corrected chi connectivity index (χ0v) is 36.8. The first-order valence-electron chi connectivity index (χ1n) is 19.4. The molecule has 3 heterocycles. The van der Waals surface area contributed by atoms with Crippen LogP contribution in [0.3, 0.4) is 0 Å². The van der Waals surface area contributed by atoms with Gasteiger partial charge in [0.1, 0.15) is 0 Å². The summed E-state index contributed by atoms with van der Waals surface area (Å²) in [4.78, 5) is 9.47. The molecule has 0 atom stereocenters. The van der Waals surface area contributed by atoms with Crippen molar-refractivity contribution in [2.75, 3.05) is 0 Å². The Bertz CT molecular complexity index is 2300. The molecule has 1 aliphatic carbocycles. The van der Waals surface area contributed by atoms with Crippen molar-refractivity contribution in [3.63, 3.8) is 0 Å². The van der Waals surface area contributed by atoms with Gasteiger partial charge in [-0.2, -0.15) is 11.3 Å². The van der Waals surface area contributed by atoms with Gasteiger partial charge in [-0.15, -0.1) is 59.7 Å². The Labute approximate surface area is 341 Å². The zero-order valence-electron chi connectivity index (χ0n) is 32.6. The third kappa shape index (κ3) is 9.73. The third-order valence-electron chi connectivity index (χ3n) is 10.4. The average molecular weight is 921 g/mol. The van der Waals surface area contributed by atoms with E-state index in [0.717, 1.165) is 34.9 Å². The molecule has 54 heavy (non-hydrogen) atoms. The fourth-order valence-electron chi connectivity index (χ4n) is 7.79. The van der Waals surface area contributed by atoms with Crippen LogP contribution in [-0.4, -0.2) is 18.0 Å². The van der Waals surface area contributed by atoms with Crippen molar-refractivity contribution in [3.05, 3.63) is 139 Å². The largest absolute Gasteiger partial charge is 0.305 e. The molecule has 1 aliphatic rings. The molecule has 1 saturated carbocycles. The molecule has 0 amide bonds. The van der Waals surface area contributed by atoms with E-state index in [9.17, 15) is 0 Å². The molecule has 0 bridgehead atoms. The third-order valence-corrected chi connectivity index (χ3v) is 13.6. The SMILES string of the molecule is CC(C)(C)Cc1cc(-c2[c-]cccc2)ncc1[Si](C)(C)C.[Ir].[c-]1ccc2c(sc3cc(-c4ccccc4)ccc32)c1-c1cc(CC2CCCCC2)ccn1. The molecule has 1 fully saturated rings. The summed E-state index contributed by atoms with van der Waals surface area (Å²) in [7, 11) is -1.37. The van der Waals surface area contributed by atoms with Crippen LogP contribution in [0.1, 0.15) is 64.0 Å². The van der Waals surface area contributed by atoms with Crippen LogP contribution in [0.2, 0.25) is 19.6 Å². The molecule has 0 aliphatic heterocycles. The summed E-state index contributed by atoms with van der Waals surface area (Å²) in [6.07, 6.45) is 13.3. The van der Waals surface area contributed by atoms with E-state index in [-0.39, 0.29) is 25.5 Å². The van der Waals surface area contributed by atoms with Crippen LogP contribution in [0.15, 0.2) is 116 Å². The molecule has 0 saturated heterocycles. The molecule has 279 valence electrons. The van der Waals surface area contributed by atoms with Crippen LogP contribution in [0, 0.1) is 23.5 Å². The molecule has 7 aromatic rings. The normalized spacial score (nSPS) is 13.7. The number of benzene rings is 4. The number of aromatic nitrogens is 2. The van der Waals surface area contributed by atoms with Crippen LogP contribution < -0.4 is 5.19 Å². The minimum Gasteiger partial charge on any atom is -0.305 e. The minimum absolute atomic E-state index is 0. The van der Waals surface area contributed by atoms with Gasteiger partial charge in [0.2, 0.25) is 0 Å². The van der Waals surface area contributed by atoms with E-state index in [0.29, 0.717) is 0 Å². The van der Waals surface area contributed by atoms with Crippen LogP contribution in [0.4, 0.5) is 0 Å². The molecular formula is C49H52IrN2SSi-2. The Balaban J connectivity index is 0.000000198. The Kier molecular flexibility index (Phi) is 12.9. The maximum atomic E-state index is 4.76. The van der Waals surface area contributed by atoms with Gasteiger partial charge in [0.15, 0.2) is 0 Å². The first-order valence-corrected chi connectivity index (χ1v) is 23.7. The van der Waals surface area contributed by atoms with Crippen LogP contribution >= 0.6 is 11.3 Å². The van der Waals surface area contributed by atoms with Gasteiger partial charge in [-0.3, -0.25) is 0 Å². The maximum absolute atomic E-state index is 4.76. The van der Waals surface area contributed by atoms with E-state index in [1.807, 2.05) is 35.7 Å². The number of thiophene rings is 1. The predicted octanol–water partition coefficient (Wildman–Crippen LogP) is 13.4. The van der Waals surface area contributed by atoms with E-state index in [1.165, 1.54) is 86.1 Å². The first-order chi connectivity index (χ1) is 25.5. The molecular weight excluding hydrogens is 869 g/mol. The summed E-state index contributed by atoms with van der Waals surface area (Å²) in [6.45, 7) is 14.1. The maximum Gasteiger partial charge on any atom is 0.0798 e. The van der Waals surface area contributed by atoms with Gasteiger partial charge in [0.25, 0.3) is 0 Å².